The third kappa shape index (κ3) is 5.18. The Balaban J connectivity index is 1.46. The van der Waals surface area contributed by atoms with Crippen molar-refractivity contribution >= 4 is 39.8 Å². The van der Waals surface area contributed by atoms with E-state index in [4.69, 9.17) is 20.9 Å². The number of nitrogens with one attached hydrogen (secondary N) is 1. The number of amides is 1. The van der Waals surface area contributed by atoms with E-state index in [0.717, 1.165) is 23.5 Å². The van der Waals surface area contributed by atoms with Gasteiger partial charge in [0.15, 0.2) is 0 Å². The van der Waals surface area contributed by atoms with E-state index in [0.29, 0.717) is 45.6 Å². The maximum Gasteiger partial charge on any atom is 0.341 e. The monoisotopic (exact) mass is 535 g/mol. The minimum atomic E-state index is -0.430. The van der Waals surface area contributed by atoms with Crippen LogP contribution in [-0.4, -0.2) is 35.1 Å². The van der Waals surface area contributed by atoms with E-state index >= 15 is 0 Å². The Bertz CT molecular complexity index is 1450. The second kappa shape index (κ2) is 10.9. The summed E-state index contributed by atoms with van der Waals surface area (Å²) in [7, 11) is 0. The lowest BCUT2D eigenvalue weighted by Gasteiger charge is -2.27. The van der Waals surface area contributed by atoms with Crippen molar-refractivity contribution in [3.8, 4) is 11.3 Å². The Morgan fingerprint density at radius 3 is 2.65 bits per heavy atom. The number of fused-ring (bicyclic) bond motifs is 1. The third-order valence-corrected chi connectivity index (χ3v) is 7.77. The van der Waals surface area contributed by atoms with Crippen LogP contribution in [0.15, 0.2) is 59.1 Å². The number of hydrogen-bond acceptors (Lipinski definition) is 7. The normalized spacial score (nSPS) is 13.3. The van der Waals surface area contributed by atoms with E-state index in [1.807, 2.05) is 24.3 Å². The standard InChI is InChI=1S/C28H26ClN3O4S/c1-3-35-28(34)24-20-13-14-32(15-18-9-5-4-6-10-18)16-22(20)37-27(24)30-26(33)23-17(2)36-31-25(23)19-11-7-8-12-21(19)29/h4-12H,3,13-16H2,1-2H3,(H,30,33). The largest absolute Gasteiger partial charge is 0.462 e. The van der Waals surface area contributed by atoms with Crippen LogP contribution in [0.5, 0.6) is 0 Å². The molecule has 0 radical (unpaired) electrons. The number of nitrogens with zero attached hydrogens (tertiary/aromatic N) is 2. The summed E-state index contributed by atoms with van der Waals surface area (Å²) in [4.78, 5) is 29.9. The molecule has 0 spiro atoms. The predicted molar refractivity (Wildman–Crippen MR) is 144 cm³/mol. The molecule has 0 bridgehead atoms. The van der Waals surface area contributed by atoms with Crippen LogP contribution in [0.3, 0.4) is 0 Å². The molecule has 3 heterocycles. The van der Waals surface area contributed by atoms with Crippen LogP contribution in [0.25, 0.3) is 11.3 Å². The molecular formula is C28H26ClN3O4S. The molecule has 190 valence electrons. The first-order valence-electron chi connectivity index (χ1n) is 12.1. The lowest BCUT2D eigenvalue weighted by Crippen LogP contribution is -2.29. The number of aromatic nitrogens is 1. The van der Waals surface area contributed by atoms with Crippen molar-refractivity contribution in [1.82, 2.24) is 10.1 Å². The van der Waals surface area contributed by atoms with E-state index < -0.39 is 11.9 Å². The van der Waals surface area contributed by atoms with Gasteiger partial charge in [-0.15, -0.1) is 11.3 Å². The fourth-order valence-electron chi connectivity index (χ4n) is 4.58. The zero-order valence-corrected chi connectivity index (χ0v) is 22.1. The highest BCUT2D eigenvalue weighted by molar-refractivity contribution is 7.17. The minimum absolute atomic E-state index is 0.248. The number of esters is 1. The molecule has 0 unspecified atom stereocenters. The Morgan fingerprint density at radius 1 is 1.14 bits per heavy atom. The molecule has 37 heavy (non-hydrogen) atoms. The van der Waals surface area contributed by atoms with Crippen LogP contribution in [0, 0.1) is 6.92 Å². The number of aryl methyl sites for hydroxylation is 1. The molecule has 1 N–H and O–H groups in total. The summed E-state index contributed by atoms with van der Waals surface area (Å²) < 4.78 is 10.7. The summed E-state index contributed by atoms with van der Waals surface area (Å²) in [6.07, 6.45) is 0.694. The Kier molecular flexibility index (Phi) is 7.41. The van der Waals surface area contributed by atoms with Crippen LogP contribution in [0.4, 0.5) is 5.00 Å². The summed E-state index contributed by atoms with van der Waals surface area (Å²) in [6, 6.07) is 17.4. The van der Waals surface area contributed by atoms with Gasteiger partial charge in [-0.3, -0.25) is 9.69 Å². The molecule has 5 rings (SSSR count). The summed E-state index contributed by atoms with van der Waals surface area (Å²) >= 11 is 7.78. The summed E-state index contributed by atoms with van der Waals surface area (Å²) in [5.74, 6) is -0.486. The number of rotatable bonds is 7. The Morgan fingerprint density at radius 2 is 1.89 bits per heavy atom. The number of carbonyl (C=O) groups excluding carboxylic acids is 2. The number of ether oxygens (including phenoxy) is 1. The highest BCUT2D eigenvalue weighted by Gasteiger charge is 2.31. The molecule has 1 amide bonds. The highest BCUT2D eigenvalue weighted by atomic mass is 35.5. The first-order valence-corrected chi connectivity index (χ1v) is 13.3. The smallest absolute Gasteiger partial charge is 0.341 e. The van der Waals surface area contributed by atoms with Crippen molar-refractivity contribution in [2.45, 2.75) is 33.4 Å². The first kappa shape index (κ1) is 25.2. The lowest BCUT2D eigenvalue weighted by atomic mass is 10.0. The fourth-order valence-corrected chi connectivity index (χ4v) is 6.08. The van der Waals surface area contributed by atoms with Crippen molar-refractivity contribution in [2.75, 3.05) is 18.5 Å². The zero-order valence-electron chi connectivity index (χ0n) is 20.5. The second-order valence-electron chi connectivity index (χ2n) is 8.77. The van der Waals surface area contributed by atoms with Gasteiger partial charge in [-0.2, -0.15) is 0 Å². The molecule has 9 heteroatoms. The molecule has 1 aliphatic rings. The van der Waals surface area contributed by atoms with E-state index in [1.165, 1.54) is 16.9 Å². The van der Waals surface area contributed by atoms with Crippen molar-refractivity contribution in [3.63, 3.8) is 0 Å². The molecule has 4 aromatic rings. The van der Waals surface area contributed by atoms with Crippen LogP contribution in [0.2, 0.25) is 5.02 Å². The molecule has 7 nitrogen and oxygen atoms in total. The molecular weight excluding hydrogens is 510 g/mol. The zero-order chi connectivity index (χ0) is 25.9. The van der Waals surface area contributed by atoms with Crippen LogP contribution < -0.4 is 5.32 Å². The summed E-state index contributed by atoms with van der Waals surface area (Å²) in [6.45, 7) is 6.00. The van der Waals surface area contributed by atoms with Gasteiger partial charge >= 0.3 is 5.97 Å². The number of carbonyl (C=O) groups is 2. The number of halogens is 1. The van der Waals surface area contributed by atoms with Gasteiger partial charge in [-0.25, -0.2) is 4.79 Å². The van der Waals surface area contributed by atoms with Crippen LogP contribution in [0.1, 0.15) is 49.4 Å². The molecule has 0 aliphatic carbocycles. The van der Waals surface area contributed by atoms with Gasteiger partial charge in [0, 0.05) is 30.1 Å². The van der Waals surface area contributed by atoms with Crippen LogP contribution >= 0.6 is 22.9 Å². The summed E-state index contributed by atoms with van der Waals surface area (Å²) in [5.41, 5.74) is 3.84. The number of benzene rings is 2. The topological polar surface area (TPSA) is 84.7 Å². The molecule has 0 fully saturated rings. The van der Waals surface area contributed by atoms with E-state index in [-0.39, 0.29) is 12.2 Å². The fraction of sp³-hybridized carbons (Fsp3) is 0.250. The van der Waals surface area contributed by atoms with E-state index in [1.54, 1.807) is 32.0 Å². The Labute approximate surface area is 224 Å². The van der Waals surface area contributed by atoms with E-state index in [9.17, 15) is 9.59 Å². The number of thiophene rings is 1. The molecule has 0 saturated heterocycles. The van der Waals surface area contributed by atoms with Gasteiger partial charge in [-0.05, 0) is 37.5 Å². The molecule has 1 aliphatic heterocycles. The van der Waals surface area contributed by atoms with Crippen LogP contribution in [-0.2, 0) is 24.2 Å². The van der Waals surface area contributed by atoms with Gasteiger partial charge in [-0.1, -0.05) is 65.3 Å². The van der Waals surface area contributed by atoms with E-state index in [2.05, 4.69) is 27.5 Å². The summed E-state index contributed by atoms with van der Waals surface area (Å²) in [5, 5.41) is 7.99. The van der Waals surface area contributed by atoms with Crippen molar-refractivity contribution in [3.05, 3.63) is 92.5 Å². The first-order chi connectivity index (χ1) is 18.0. The van der Waals surface area contributed by atoms with Gasteiger partial charge in [0.05, 0.1) is 17.2 Å². The second-order valence-corrected chi connectivity index (χ2v) is 10.3. The van der Waals surface area contributed by atoms with Gasteiger partial charge < -0.3 is 14.6 Å². The van der Waals surface area contributed by atoms with Gasteiger partial charge in [0.1, 0.15) is 22.0 Å². The van der Waals surface area contributed by atoms with Gasteiger partial charge in [0.25, 0.3) is 5.91 Å². The SMILES string of the molecule is CCOC(=O)c1c(NC(=O)c2c(-c3ccccc3Cl)noc2C)sc2c1CCN(Cc1ccccc1)C2. The van der Waals surface area contributed by atoms with Gasteiger partial charge in [0.2, 0.25) is 0 Å². The maximum absolute atomic E-state index is 13.5. The lowest BCUT2D eigenvalue weighted by molar-refractivity contribution is 0.0526. The number of anilines is 1. The highest BCUT2D eigenvalue weighted by Crippen LogP contribution is 2.39. The average molecular weight is 536 g/mol. The number of hydrogen-bond donors (Lipinski definition) is 1. The maximum atomic E-state index is 13.5. The average Bonchev–Trinajstić information content (AvgIpc) is 3.44. The van der Waals surface area contributed by atoms with Crippen molar-refractivity contribution in [2.24, 2.45) is 0 Å². The van der Waals surface area contributed by atoms with Crippen molar-refractivity contribution < 1.29 is 18.8 Å². The molecule has 2 aromatic carbocycles. The molecule has 0 saturated carbocycles. The molecule has 2 aromatic heterocycles. The third-order valence-electron chi connectivity index (χ3n) is 6.31. The Hall–Kier alpha value is -3.46. The van der Waals surface area contributed by atoms with Crippen molar-refractivity contribution in [1.29, 1.82) is 0 Å². The minimum Gasteiger partial charge on any atom is -0.462 e. The molecule has 0 atom stereocenters. The quantitative estimate of drug-likeness (QED) is 0.277. The predicted octanol–water partition coefficient (Wildman–Crippen LogP) is 6.35.